The number of phenols is 1. The van der Waals surface area contributed by atoms with Crippen LogP contribution in [0, 0.1) is 7.14 Å². The van der Waals surface area contributed by atoms with Crippen LogP contribution in [0.5, 0.6) is 5.75 Å². The fourth-order valence-electron chi connectivity index (χ4n) is 2.03. The topological polar surface area (TPSA) is 92.4 Å². The van der Waals surface area contributed by atoms with Gasteiger partial charge in [-0.25, -0.2) is 0 Å². The maximum absolute atomic E-state index is 12.2. The summed E-state index contributed by atoms with van der Waals surface area (Å²) in [6, 6.07) is 11.4. The normalized spacial score (nSPS) is 11.7. The molecule has 2 aromatic carbocycles. The highest BCUT2D eigenvalue weighted by molar-refractivity contribution is 14.1. The lowest BCUT2D eigenvalue weighted by molar-refractivity contribution is -0.119. The number of amides is 2. The Labute approximate surface area is 160 Å². The smallest absolute Gasteiger partial charge is 0.251 e. The van der Waals surface area contributed by atoms with Crippen molar-refractivity contribution in [1.29, 1.82) is 0 Å². The number of carbonyl (C=O) groups excluding carboxylic acids is 2. The average Bonchev–Trinajstić information content (AvgIpc) is 2.52. The van der Waals surface area contributed by atoms with E-state index in [0.717, 1.165) is 5.56 Å². The minimum atomic E-state index is -0.821. The zero-order valence-corrected chi connectivity index (χ0v) is 16.2. The standard InChI is InChI=1S/C16H14I2N2O3/c17-11-6-9(7-12(18)14(11)21)8-13(15(19)22)20-16(23)10-4-2-1-3-5-10/h1-7,13,21H,8H2,(H2,19,22)(H,20,23)/t13-/m1/s1. The van der Waals surface area contributed by atoms with E-state index in [9.17, 15) is 14.7 Å². The number of nitrogens with two attached hydrogens (primary N) is 1. The first kappa shape index (κ1) is 18.0. The van der Waals surface area contributed by atoms with E-state index >= 15 is 0 Å². The molecule has 5 nitrogen and oxygen atoms in total. The largest absolute Gasteiger partial charge is 0.506 e. The number of carbonyl (C=O) groups is 2. The molecule has 1 atom stereocenters. The molecular weight excluding hydrogens is 522 g/mol. The van der Waals surface area contributed by atoms with Gasteiger partial charge in [0.15, 0.2) is 0 Å². The first-order chi connectivity index (χ1) is 10.9. The molecule has 0 radical (unpaired) electrons. The van der Waals surface area contributed by atoms with Gasteiger partial charge in [-0.2, -0.15) is 0 Å². The predicted octanol–water partition coefficient (Wildman–Crippen LogP) is 2.43. The molecule has 0 spiro atoms. The highest BCUT2D eigenvalue weighted by atomic mass is 127. The Morgan fingerprint density at radius 2 is 1.70 bits per heavy atom. The molecule has 120 valence electrons. The fourth-order valence-corrected chi connectivity index (χ4v) is 3.92. The van der Waals surface area contributed by atoms with E-state index in [2.05, 4.69) is 5.32 Å². The summed E-state index contributed by atoms with van der Waals surface area (Å²) in [5, 5.41) is 12.4. The molecule has 23 heavy (non-hydrogen) atoms. The van der Waals surface area contributed by atoms with Crippen LogP contribution in [0.4, 0.5) is 0 Å². The molecule has 0 fully saturated rings. The number of benzene rings is 2. The lowest BCUT2D eigenvalue weighted by atomic mass is 10.0. The molecule has 4 N–H and O–H groups in total. The Morgan fingerprint density at radius 3 is 2.22 bits per heavy atom. The fraction of sp³-hybridized carbons (Fsp3) is 0.125. The van der Waals surface area contributed by atoms with Crippen LogP contribution >= 0.6 is 45.2 Å². The maximum atomic E-state index is 12.2. The Bertz CT molecular complexity index is 712. The summed E-state index contributed by atoms with van der Waals surface area (Å²) < 4.78 is 1.37. The molecule has 2 rings (SSSR count). The summed E-state index contributed by atoms with van der Waals surface area (Å²) in [4.78, 5) is 23.8. The van der Waals surface area contributed by atoms with Crippen molar-refractivity contribution in [1.82, 2.24) is 5.32 Å². The molecule has 0 bridgehead atoms. The molecule has 2 amide bonds. The molecule has 0 heterocycles. The average molecular weight is 536 g/mol. The summed E-state index contributed by atoms with van der Waals surface area (Å²) in [6.45, 7) is 0. The lowest BCUT2D eigenvalue weighted by Crippen LogP contribution is -2.45. The third-order valence-electron chi connectivity index (χ3n) is 3.20. The maximum Gasteiger partial charge on any atom is 0.251 e. The molecule has 7 heteroatoms. The number of phenolic OH excluding ortho intramolecular Hbond substituents is 1. The summed E-state index contributed by atoms with van der Waals surface area (Å²) in [6.07, 6.45) is 0.264. The number of primary amides is 1. The Kier molecular flexibility index (Phi) is 6.22. The van der Waals surface area contributed by atoms with Gasteiger partial charge in [0.05, 0.1) is 7.14 Å². The molecular formula is C16H14I2N2O3. The van der Waals surface area contributed by atoms with E-state index in [1.54, 1.807) is 36.4 Å². The molecule has 0 saturated heterocycles. The molecule has 0 aromatic heterocycles. The Balaban J connectivity index is 2.17. The van der Waals surface area contributed by atoms with Gasteiger partial charge in [-0.05, 0) is 75.0 Å². The first-order valence-corrected chi connectivity index (χ1v) is 8.86. The first-order valence-electron chi connectivity index (χ1n) is 6.70. The third-order valence-corrected chi connectivity index (χ3v) is 4.85. The molecule has 0 aliphatic carbocycles. The molecule has 0 aliphatic rings. The van der Waals surface area contributed by atoms with E-state index in [1.807, 2.05) is 51.2 Å². The van der Waals surface area contributed by atoms with Gasteiger partial charge in [-0.1, -0.05) is 18.2 Å². The van der Waals surface area contributed by atoms with Gasteiger partial charge >= 0.3 is 0 Å². The number of rotatable bonds is 5. The highest BCUT2D eigenvalue weighted by Crippen LogP contribution is 2.27. The van der Waals surface area contributed by atoms with Crippen LogP contribution in [0.2, 0.25) is 0 Å². The van der Waals surface area contributed by atoms with Crippen molar-refractivity contribution in [2.45, 2.75) is 12.5 Å². The SMILES string of the molecule is NC(=O)[C@@H](Cc1cc(I)c(O)c(I)c1)NC(=O)c1ccccc1. The minimum absolute atomic E-state index is 0.207. The van der Waals surface area contributed by atoms with Crippen molar-refractivity contribution < 1.29 is 14.7 Å². The van der Waals surface area contributed by atoms with E-state index in [-0.39, 0.29) is 18.1 Å². The van der Waals surface area contributed by atoms with Crippen molar-refractivity contribution in [2.24, 2.45) is 5.73 Å². The molecule has 2 aromatic rings. The summed E-state index contributed by atoms with van der Waals surface area (Å²) in [7, 11) is 0. The molecule has 0 aliphatic heterocycles. The van der Waals surface area contributed by atoms with Gasteiger partial charge in [0.2, 0.25) is 5.91 Å². The lowest BCUT2D eigenvalue weighted by Gasteiger charge is -2.16. The van der Waals surface area contributed by atoms with Gasteiger partial charge < -0.3 is 16.2 Å². The van der Waals surface area contributed by atoms with Crippen LogP contribution in [0.3, 0.4) is 0 Å². The molecule has 0 saturated carbocycles. The number of aromatic hydroxyl groups is 1. The molecule has 0 unspecified atom stereocenters. The van der Waals surface area contributed by atoms with Crippen LogP contribution in [0.25, 0.3) is 0 Å². The van der Waals surface area contributed by atoms with Crippen molar-refractivity contribution in [3.05, 3.63) is 60.7 Å². The van der Waals surface area contributed by atoms with Gasteiger partial charge in [0.25, 0.3) is 5.91 Å². The van der Waals surface area contributed by atoms with E-state index in [4.69, 9.17) is 5.73 Å². The summed E-state index contributed by atoms with van der Waals surface area (Å²) in [5.41, 5.74) is 6.69. The second-order valence-corrected chi connectivity index (χ2v) is 7.23. The van der Waals surface area contributed by atoms with Crippen molar-refractivity contribution in [2.75, 3.05) is 0 Å². The van der Waals surface area contributed by atoms with Crippen LogP contribution in [-0.2, 0) is 11.2 Å². The van der Waals surface area contributed by atoms with E-state index < -0.39 is 11.9 Å². The summed E-state index contributed by atoms with van der Waals surface area (Å²) in [5.74, 6) is -0.746. The summed E-state index contributed by atoms with van der Waals surface area (Å²) >= 11 is 4.03. The van der Waals surface area contributed by atoms with Crippen molar-refractivity contribution in [3.8, 4) is 5.75 Å². The number of hydrogen-bond donors (Lipinski definition) is 3. The second kappa shape index (κ2) is 7.95. The van der Waals surface area contributed by atoms with E-state index in [1.165, 1.54) is 0 Å². The van der Waals surface area contributed by atoms with Crippen molar-refractivity contribution >= 4 is 57.0 Å². The quantitative estimate of drug-likeness (QED) is 0.513. The Hall–Kier alpha value is -1.36. The monoisotopic (exact) mass is 536 g/mol. The second-order valence-electron chi connectivity index (χ2n) is 4.91. The number of nitrogens with one attached hydrogen (secondary N) is 1. The van der Waals surface area contributed by atoms with Gasteiger partial charge in [0, 0.05) is 12.0 Å². The minimum Gasteiger partial charge on any atom is -0.506 e. The van der Waals surface area contributed by atoms with Gasteiger partial charge in [-0.15, -0.1) is 0 Å². The van der Waals surface area contributed by atoms with Crippen LogP contribution in [0.15, 0.2) is 42.5 Å². The van der Waals surface area contributed by atoms with E-state index in [0.29, 0.717) is 12.7 Å². The predicted molar refractivity (Wildman–Crippen MR) is 104 cm³/mol. The van der Waals surface area contributed by atoms with Crippen molar-refractivity contribution in [3.63, 3.8) is 0 Å². The van der Waals surface area contributed by atoms with Gasteiger partial charge in [-0.3, -0.25) is 9.59 Å². The zero-order chi connectivity index (χ0) is 17.0. The highest BCUT2D eigenvalue weighted by Gasteiger charge is 2.20. The Morgan fingerprint density at radius 1 is 1.13 bits per heavy atom. The third kappa shape index (κ3) is 4.80. The number of halogens is 2. The van der Waals surface area contributed by atoms with Crippen LogP contribution in [-0.4, -0.2) is 23.0 Å². The number of hydrogen-bond acceptors (Lipinski definition) is 3. The zero-order valence-electron chi connectivity index (χ0n) is 11.9. The van der Waals surface area contributed by atoms with Crippen LogP contribution in [0.1, 0.15) is 15.9 Å². The van der Waals surface area contributed by atoms with Crippen LogP contribution < -0.4 is 11.1 Å². The van der Waals surface area contributed by atoms with Gasteiger partial charge in [0.1, 0.15) is 11.8 Å².